The summed E-state index contributed by atoms with van der Waals surface area (Å²) in [5.74, 6) is -1.72. The minimum atomic E-state index is -0.782. The van der Waals surface area contributed by atoms with Gasteiger partial charge >= 0.3 is 0 Å². The molecule has 0 saturated carbocycles. The Balaban J connectivity index is 1.71. The smallest absolute Gasteiger partial charge is 0.266 e. The fourth-order valence-electron chi connectivity index (χ4n) is 3.81. The lowest BCUT2D eigenvalue weighted by atomic mass is 10.2. The quantitative estimate of drug-likeness (QED) is 0.479. The number of hydrogen-bond donors (Lipinski definition) is 1. The zero-order valence-electron chi connectivity index (χ0n) is 17.4. The second-order valence-corrected chi connectivity index (χ2v) is 8.52. The van der Waals surface area contributed by atoms with Crippen LogP contribution in [0.3, 0.4) is 0 Å². The Labute approximate surface area is 191 Å². The van der Waals surface area contributed by atoms with Crippen LogP contribution in [0.2, 0.25) is 0 Å². The van der Waals surface area contributed by atoms with Crippen molar-refractivity contribution in [3.63, 3.8) is 0 Å². The van der Waals surface area contributed by atoms with E-state index in [-0.39, 0.29) is 17.2 Å². The Morgan fingerprint density at radius 2 is 1.76 bits per heavy atom. The largest absolute Gasteiger partial charge is 0.378 e. The van der Waals surface area contributed by atoms with Gasteiger partial charge in [-0.3, -0.25) is 14.2 Å². The van der Waals surface area contributed by atoms with E-state index in [4.69, 9.17) is 4.74 Å². The van der Waals surface area contributed by atoms with Crippen LogP contribution < -0.4 is 10.9 Å². The molecule has 1 aliphatic heterocycles. The maximum absolute atomic E-state index is 14.5. The van der Waals surface area contributed by atoms with Gasteiger partial charge in [0, 0.05) is 30.6 Å². The molecule has 33 heavy (non-hydrogen) atoms. The molecule has 1 amide bonds. The minimum absolute atomic E-state index is 0.0320. The van der Waals surface area contributed by atoms with Crippen LogP contribution in [0.5, 0.6) is 0 Å². The maximum atomic E-state index is 14.5. The number of aromatic nitrogens is 1. The summed E-state index contributed by atoms with van der Waals surface area (Å²) in [5.41, 5.74) is 0.810. The van der Waals surface area contributed by atoms with Crippen LogP contribution >= 0.6 is 11.3 Å². The number of amides is 1. The number of thiophene rings is 1. The van der Waals surface area contributed by atoms with E-state index >= 15 is 0 Å². The predicted molar refractivity (Wildman–Crippen MR) is 124 cm³/mol. The summed E-state index contributed by atoms with van der Waals surface area (Å²) in [4.78, 5) is 28.8. The molecule has 0 bridgehead atoms. The van der Waals surface area contributed by atoms with E-state index in [0.29, 0.717) is 52.8 Å². The minimum Gasteiger partial charge on any atom is -0.378 e. The van der Waals surface area contributed by atoms with Gasteiger partial charge in [-0.25, -0.2) is 8.78 Å². The first-order chi connectivity index (χ1) is 16.0. The van der Waals surface area contributed by atoms with Crippen molar-refractivity contribution in [2.75, 3.05) is 31.6 Å². The number of pyridine rings is 1. The highest BCUT2D eigenvalue weighted by molar-refractivity contribution is 7.21. The first-order valence-corrected chi connectivity index (χ1v) is 11.2. The normalized spacial score (nSPS) is 13.9. The Bertz CT molecular complexity index is 1400. The molecule has 0 spiro atoms. The van der Waals surface area contributed by atoms with E-state index in [1.165, 1.54) is 16.7 Å². The lowest BCUT2D eigenvalue weighted by Gasteiger charge is -2.26. The molecule has 1 fully saturated rings. The molecular formula is C24H19F2N3O3S. The van der Waals surface area contributed by atoms with Crippen molar-refractivity contribution in [1.82, 2.24) is 9.47 Å². The van der Waals surface area contributed by atoms with Crippen LogP contribution in [0.15, 0.2) is 65.5 Å². The highest BCUT2D eigenvalue weighted by Gasteiger charge is 2.27. The third-order valence-corrected chi connectivity index (χ3v) is 6.62. The van der Waals surface area contributed by atoms with Crippen LogP contribution in [-0.4, -0.2) is 41.7 Å². The maximum Gasteiger partial charge on any atom is 0.266 e. The molecular weight excluding hydrogens is 448 g/mol. The van der Waals surface area contributed by atoms with E-state index in [9.17, 15) is 18.4 Å². The molecule has 4 aromatic rings. The Morgan fingerprint density at radius 1 is 1.00 bits per heavy atom. The second-order valence-electron chi connectivity index (χ2n) is 7.52. The number of morpholine rings is 1. The summed E-state index contributed by atoms with van der Waals surface area (Å²) in [5, 5.41) is 3.57. The zero-order valence-corrected chi connectivity index (χ0v) is 18.2. The fraction of sp³-hybridized carbons (Fsp3) is 0.167. The Morgan fingerprint density at radius 3 is 2.48 bits per heavy atom. The molecule has 1 saturated heterocycles. The number of benzene rings is 2. The lowest BCUT2D eigenvalue weighted by molar-refractivity contribution is 0.0307. The number of ether oxygens (including phenoxy) is 1. The molecule has 1 N–H and O–H groups in total. The van der Waals surface area contributed by atoms with Gasteiger partial charge in [-0.05, 0) is 30.3 Å². The van der Waals surface area contributed by atoms with E-state index in [2.05, 4.69) is 5.32 Å². The first-order valence-electron chi connectivity index (χ1n) is 10.4. The zero-order chi connectivity index (χ0) is 22.9. The number of carbonyl (C=O) groups excluding carboxylic acids is 1. The van der Waals surface area contributed by atoms with Crippen molar-refractivity contribution >= 4 is 38.8 Å². The first kappa shape index (κ1) is 21.3. The summed E-state index contributed by atoms with van der Waals surface area (Å²) in [6.07, 6.45) is 0. The highest BCUT2D eigenvalue weighted by atomic mass is 32.1. The van der Waals surface area contributed by atoms with Gasteiger partial charge in [0.25, 0.3) is 11.5 Å². The summed E-state index contributed by atoms with van der Waals surface area (Å²) in [6, 6.07) is 15.3. The number of para-hydroxylation sites is 1. The molecule has 2 aromatic heterocycles. The second kappa shape index (κ2) is 8.76. The molecule has 0 radical (unpaired) electrons. The summed E-state index contributed by atoms with van der Waals surface area (Å²) in [7, 11) is 0. The van der Waals surface area contributed by atoms with E-state index in [1.807, 2.05) is 18.2 Å². The Hall–Kier alpha value is -3.56. The molecule has 3 heterocycles. The van der Waals surface area contributed by atoms with Gasteiger partial charge < -0.3 is 15.0 Å². The monoisotopic (exact) mass is 467 g/mol. The number of halogens is 2. The molecule has 168 valence electrons. The van der Waals surface area contributed by atoms with Crippen molar-refractivity contribution in [2.45, 2.75) is 0 Å². The molecule has 2 aromatic carbocycles. The third kappa shape index (κ3) is 4.01. The van der Waals surface area contributed by atoms with Crippen molar-refractivity contribution in [3.05, 3.63) is 87.5 Å². The summed E-state index contributed by atoms with van der Waals surface area (Å²) < 4.78 is 34.8. The van der Waals surface area contributed by atoms with Gasteiger partial charge in [-0.15, -0.1) is 11.3 Å². The van der Waals surface area contributed by atoms with Crippen LogP contribution in [0.25, 0.3) is 15.9 Å². The van der Waals surface area contributed by atoms with Gasteiger partial charge in [0.2, 0.25) is 0 Å². The number of carbonyl (C=O) groups is 1. The average molecular weight is 467 g/mol. The molecule has 9 heteroatoms. The van der Waals surface area contributed by atoms with Gasteiger partial charge in [0.1, 0.15) is 21.3 Å². The van der Waals surface area contributed by atoms with Crippen LogP contribution in [0.1, 0.15) is 9.67 Å². The molecule has 0 atom stereocenters. The van der Waals surface area contributed by atoms with E-state index in [0.717, 1.165) is 23.5 Å². The van der Waals surface area contributed by atoms with Gasteiger partial charge in [0.05, 0.1) is 30.3 Å². The Kier molecular flexibility index (Phi) is 5.65. The lowest BCUT2D eigenvalue weighted by Crippen LogP contribution is -2.40. The van der Waals surface area contributed by atoms with Gasteiger partial charge in [-0.1, -0.05) is 18.2 Å². The van der Waals surface area contributed by atoms with Crippen molar-refractivity contribution < 1.29 is 18.3 Å². The molecule has 1 aliphatic rings. The molecule has 6 nitrogen and oxygen atoms in total. The number of rotatable bonds is 4. The van der Waals surface area contributed by atoms with Crippen molar-refractivity contribution in [2.24, 2.45) is 0 Å². The standard InChI is InChI=1S/C24H19F2N3O3S/c25-15-6-8-19(18(26)14-15)27-21-17-7-9-20(30)29(16-4-2-1-3-5-16)24(17)33-22(21)23(31)28-10-12-32-13-11-28/h1-9,14,27H,10-13H2. The van der Waals surface area contributed by atoms with Gasteiger partial charge in [-0.2, -0.15) is 0 Å². The van der Waals surface area contributed by atoms with Crippen molar-refractivity contribution in [1.29, 1.82) is 0 Å². The van der Waals surface area contributed by atoms with E-state index in [1.54, 1.807) is 23.1 Å². The molecule has 0 aliphatic carbocycles. The average Bonchev–Trinajstić information content (AvgIpc) is 3.19. The van der Waals surface area contributed by atoms with Crippen LogP contribution in [0, 0.1) is 11.6 Å². The topological polar surface area (TPSA) is 63.6 Å². The SMILES string of the molecule is O=C(c1sc2c(ccc(=O)n2-c2ccccc2)c1Nc1ccc(F)cc1F)N1CCOCC1. The van der Waals surface area contributed by atoms with Gasteiger partial charge in [0.15, 0.2) is 0 Å². The third-order valence-electron chi connectivity index (χ3n) is 5.44. The molecule has 0 unspecified atom stereocenters. The number of nitrogens with one attached hydrogen (secondary N) is 1. The fourth-order valence-corrected chi connectivity index (χ4v) is 5.05. The molecule has 5 rings (SSSR count). The van der Waals surface area contributed by atoms with Crippen LogP contribution in [-0.2, 0) is 4.74 Å². The van der Waals surface area contributed by atoms with Crippen molar-refractivity contribution in [3.8, 4) is 5.69 Å². The number of hydrogen-bond acceptors (Lipinski definition) is 5. The summed E-state index contributed by atoms with van der Waals surface area (Å²) in [6.45, 7) is 1.73. The van der Waals surface area contributed by atoms with Crippen LogP contribution in [0.4, 0.5) is 20.2 Å². The summed E-state index contributed by atoms with van der Waals surface area (Å²) >= 11 is 1.16. The predicted octanol–water partition coefficient (Wildman–Crippen LogP) is 4.55. The highest BCUT2D eigenvalue weighted by Crippen LogP contribution is 2.39. The number of anilines is 2. The number of fused-ring (bicyclic) bond motifs is 1. The van der Waals surface area contributed by atoms with E-state index < -0.39 is 11.6 Å². The number of nitrogens with zero attached hydrogens (tertiary/aromatic N) is 2.